The van der Waals surface area contributed by atoms with Crippen molar-refractivity contribution in [3.8, 4) is 0 Å². The normalized spacial score (nSPS) is 12.5. The lowest BCUT2D eigenvalue weighted by atomic mass is 9.91. The van der Waals surface area contributed by atoms with E-state index in [1.807, 2.05) is 0 Å². The van der Waals surface area contributed by atoms with Crippen LogP contribution in [0.5, 0.6) is 0 Å². The standard InChI is InChI=1S/C19H25NO/c1-16(12-13-21)14-20-15-19(17-8-4-2-5-9-17)18-10-6-3-7-11-18/h2-11,16,19-21H,12-15H2,1H3. The third kappa shape index (κ3) is 5.00. The van der Waals surface area contributed by atoms with Gasteiger partial charge in [0.25, 0.3) is 0 Å². The molecule has 0 radical (unpaired) electrons. The Morgan fingerprint density at radius 2 is 1.38 bits per heavy atom. The van der Waals surface area contributed by atoms with Crippen molar-refractivity contribution in [1.82, 2.24) is 5.32 Å². The average molecular weight is 283 g/mol. The minimum Gasteiger partial charge on any atom is -0.396 e. The molecule has 0 amide bonds. The van der Waals surface area contributed by atoms with Gasteiger partial charge in [-0.15, -0.1) is 0 Å². The number of aliphatic hydroxyl groups is 1. The average Bonchev–Trinajstić information content (AvgIpc) is 2.53. The van der Waals surface area contributed by atoms with Crippen LogP contribution in [-0.4, -0.2) is 24.8 Å². The summed E-state index contributed by atoms with van der Waals surface area (Å²) in [6, 6.07) is 21.3. The van der Waals surface area contributed by atoms with Crippen LogP contribution in [0, 0.1) is 5.92 Å². The Morgan fingerprint density at radius 1 is 0.857 bits per heavy atom. The summed E-state index contributed by atoms with van der Waals surface area (Å²) >= 11 is 0. The van der Waals surface area contributed by atoms with E-state index in [4.69, 9.17) is 5.11 Å². The Labute approximate surface area is 127 Å². The minimum atomic E-state index is 0.268. The molecule has 0 heterocycles. The summed E-state index contributed by atoms with van der Waals surface area (Å²) in [6.07, 6.45) is 0.855. The Hall–Kier alpha value is -1.64. The molecular weight excluding hydrogens is 258 g/mol. The van der Waals surface area contributed by atoms with Gasteiger partial charge in [0.05, 0.1) is 0 Å². The van der Waals surface area contributed by atoms with Crippen LogP contribution in [0.25, 0.3) is 0 Å². The van der Waals surface area contributed by atoms with Gasteiger partial charge >= 0.3 is 0 Å². The van der Waals surface area contributed by atoms with Crippen LogP contribution < -0.4 is 5.32 Å². The zero-order chi connectivity index (χ0) is 14.9. The van der Waals surface area contributed by atoms with Crippen LogP contribution >= 0.6 is 0 Å². The summed E-state index contributed by atoms with van der Waals surface area (Å²) in [7, 11) is 0. The molecule has 1 unspecified atom stereocenters. The first-order valence-corrected chi connectivity index (χ1v) is 7.72. The van der Waals surface area contributed by atoms with Crippen molar-refractivity contribution >= 4 is 0 Å². The van der Waals surface area contributed by atoms with Crippen LogP contribution in [0.1, 0.15) is 30.4 Å². The highest BCUT2D eigenvalue weighted by Crippen LogP contribution is 2.23. The number of benzene rings is 2. The second kappa shape index (κ2) is 8.60. The molecule has 0 spiro atoms. The van der Waals surface area contributed by atoms with E-state index in [1.165, 1.54) is 11.1 Å². The molecule has 2 nitrogen and oxygen atoms in total. The predicted molar refractivity (Wildman–Crippen MR) is 88.5 cm³/mol. The second-order valence-corrected chi connectivity index (χ2v) is 5.65. The maximum Gasteiger partial charge on any atom is 0.0434 e. The minimum absolute atomic E-state index is 0.268. The van der Waals surface area contributed by atoms with Crippen molar-refractivity contribution in [3.05, 3.63) is 71.8 Å². The fourth-order valence-corrected chi connectivity index (χ4v) is 2.60. The maximum atomic E-state index is 8.97. The van der Waals surface area contributed by atoms with E-state index in [9.17, 15) is 0 Å². The summed E-state index contributed by atoms with van der Waals surface area (Å²) in [5, 5.41) is 12.5. The Balaban J connectivity index is 2.04. The smallest absolute Gasteiger partial charge is 0.0434 e. The number of nitrogens with one attached hydrogen (secondary N) is 1. The summed E-state index contributed by atoms with van der Waals surface area (Å²) in [5.74, 6) is 0.871. The third-order valence-electron chi connectivity index (χ3n) is 3.87. The molecule has 2 heteroatoms. The topological polar surface area (TPSA) is 32.3 Å². The van der Waals surface area contributed by atoms with Crippen molar-refractivity contribution in [1.29, 1.82) is 0 Å². The number of hydrogen-bond donors (Lipinski definition) is 2. The van der Waals surface area contributed by atoms with E-state index in [-0.39, 0.29) is 6.61 Å². The highest BCUT2D eigenvalue weighted by atomic mass is 16.3. The van der Waals surface area contributed by atoms with E-state index in [0.29, 0.717) is 11.8 Å². The van der Waals surface area contributed by atoms with E-state index in [1.54, 1.807) is 0 Å². The van der Waals surface area contributed by atoms with Crippen LogP contribution in [0.15, 0.2) is 60.7 Å². The van der Waals surface area contributed by atoms with Crippen LogP contribution in [0.4, 0.5) is 0 Å². The van der Waals surface area contributed by atoms with E-state index in [0.717, 1.165) is 19.5 Å². The van der Waals surface area contributed by atoms with Gasteiger partial charge in [-0.25, -0.2) is 0 Å². The molecule has 21 heavy (non-hydrogen) atoms. The quantitative estimate of drug-likeness (QED) is 0.778. The fourth-order valence-electron chi connectivity index (χ4n) is 2.60. The van der Waals surface area contributed by atoms with Gasteiger partial charge in [-0.3, -0.25) is 0 Å². The molecule has 0 saturated carbocycles. The summed E-state index contributed by atoms with van der Waals surface area (Å²) in [6.45, 7) is 4.30. The largest absolute Gasteiger partial charge is 0.396 e. The maximum absolute atomic E-state index is 8.97. The SMILES string of the molecule is CC(CCO)CNCC(c1ccccc1)c1ccccc1. The van der Waals surface area contributed by atoms with Gasteiger partial charge in [0.15, 0.2) is 0 Å². The van der Waals surface area contributed by atoms with Crippen molar-refractivity contribution in [3.63, 3.8) is 0 Å². The monoisotopic (exact) mass is 283 g/mol. The van der Waals surface area contributed by atoms with Crippen molar-refractivity contribution in [2.24, 2.45) is 5.92 Å². The van der Waals surface area contributed by atoms with Crippen molar-refractivity contribution in [2.45, 2.75) is 19.3 Å². The van der Waals surface area contributed by atoms with E-state index >= 15 is 0 Å². The molecular formula is C19H25NO. The lowest BCUT2D eigenvalue weighted by Gasteiger charge is -2.20. The van der Waals surface area contributed by atoms with Gasteiger partial charge in [-0.1, -0.05) is 67.6 Å². The molecule has 2 aromatic carbocycles. The first-order valence-electron chi connectivity index (χ1n) is 7.72. The second-order valence-electron chi connectivity index (χ2n) is 5.65. The molecule has 0 aliphatic carbocycles. The van der Waals surface area contributed by atoms with Crippen molar-refractivity contribution in [2.75, 3.05) is 19.7 Å². The Morgan fingerprint density at radius 3 is 1.86 bits per heavy atom. The van der Waals surface area contributed by atoms with Gasteiger partial charge in [0.1, 0.15) is 0 Å². The first kappa shape index (κ1) is 15.7. The summed E-state index contributed by atoms with van der Waals surface area (Å²) in [4.78, 5) is 0. The van der Waals surface area contributed by atoms with Gasteiger partial charge in [0, 0.05) is 19.1 Å². The number of hydrogen-bond acceptors (Lipinski definition) is 2. The molecule has 0 bridgehead atoms. The molecule has 0 saturated heterocycles. The lowest BCUT2D eigenvalue weighted by Crippen LogP contribution is -2.27. The molecule has 0 aromatic heterocycles. The first-order chi connectivity index (χ1) is 10.3. The zero-order valence-corrected chi connectivity index (χ0v) is 12.7. The molecule has 2 N–H and O–H groups in total. The molecule has 1 atom stereocenters. The molecule has 0 aliphatic rings. The molecule has 2 rings (SSSR count). The Bertz CT molecular complexity index is 458. The van der Waals surface area contributed by atoms with E-state index in [2.05, 4.69) is 72.9 Å². The zero-order valence-electron chi connectivity index (χ0n) is 12.7. The summed E-state index contributed by atoms with van der Waals surface area (Å²) in [5.41, 5.74) is 2.68. The Kier molecular flexibility index (Phi) is 6.45. The fraction of sp³-hybridized carbons (Fsp3) is 0.368. The predicted octanol–water partition coefficient (Wildman–Crippen LogP) is 3.43. The van der Waals surface area contributed by atoms with Crippen molar-refractivity contribution < 1.29 is 5.11 Å². The molecule has 0 aliphatic heterocycles. The van der Waals surface area contributed by atoms with Crippen LogP contribution in [0.3, 0.4) is 0 Å². The highest BCUT2D eigenvalue weighted by molar-refractivity contribution is 5.32. The summed E-state index contributed by atoms with van der Waals surface area (Å²) < 4.78 is 0. The molecule has 112 valence electrons. The highest BCUT2D eigenvalue weighted by Gasteiger charge is 2.13. The van der Waals surface area contributed by atoms with Gasteiger partial charge < -0.3 is 10.4 Å². The van der Waals surface area contributed by atoms with Gasteiger partial charge in [-0.2, -0.15) is 0 Å². The number of aliphatic hydroxyl groups excluding tert-OH is 1. The number of rotatable bonds is 8. The van der Waals surface area contributed by atoms with E-state index < -0.39 is 0 Å². The molecule has 0 fully saturated rings. The van der Waals surface area contributed by atoms with Crippen LogP contribution in [0.2, 0.25) is 0 Å². The lowest BCUT2D eigenvalue weighted by molar-refractivity contribution is 0.260. The van der Waals surface area contributed by atoms with Gasteiger partial charge in [0.2, 0.25) is 0 Å². The van der Waals surface area contributed by atoms with Gasteiger partial charge in [-0.05, 0) is 30.0 Å². The molecule has 2 aromatic rings. The third-order valence-corrected chi connectivity index (χ3v) is 3.87. The van der Waals surface area contributed by atoms with Crippen LogP contribution in [-0.2, 0) is 0 Å².